The summed E-state index contributed by atoms with van der Waals surface area (Å²) in [7, 11) is 0. The first-order valence-electron chi connectivity index (χ1n) is 11.6. The lowest BCUT2D eigenvalue weighted by molar-refractivity contribution is -0.118. The van der Waals surface area contributed by atoms with Gasteiger partial charge in [0, 0.05) is 18.7 Å². The fraction of sp³-hybridized carbons (Fsp3) is 0.286. The normalized spacial score (nSPS) is 15.2. The molecule has 1 saturated carbocycles. The van der Waals surface area contributed by atoms with E-state index < -0.39 is 5.41 Å². The Kier molecular flexibility index (Phi) is 5.52. The average molecular weight is 459 g/mol. The van der Waals surface area contributed by atoms with Crippen LogP contribution in [0.2, 0.25) is 0 Å². The summed E-state index contributed by atoms with van der Waals surface area (Å²) in [4.78, 5) is 25.6. The Morgan fingerprint density at radius 1 is 0.941 bits per heavy atom. The van der Waals surface area contributed by atoms with E-state index in [0.717, 1.165) is 46.5 Å². The number of carbonyl (C=O) groups excluding carboxylic acids is 2. The van der Waals surface area contributed by atoms with Crippen LogP contribution < -0.4 is 20.1 Å². The molecule has 2 amide bonds. The Balaban J connectivity index is 0.00000289. The van der Waals surface area contributed by atoms with Gasteiger partial charge < -0.3 is 20.1 Å². The van der Waals surface area contributed by atoms with Crippen LogP contribution in [0.4, 0.5) is 5.69 Å². The molecule has 3 aromatic rings. The Bertz CT molecular complexity index is 1270. The fourth-order valence-electron chi connectivity index (χ4n) is 4.37. The number of rotatable bonds is 6. The van der Waals surface area contributed by atoms with Gasteiger partial charge in [0.1, 0.15) is 0 Å². The van der Waals surface area contributed by atoms with Crippen LogP contribution in [0.25, 0.3) is 11.1 Å². The summed E-state index contributed by atoms with van der Waals surface area (Å²) in [6, 6.07) is 19.3. The molecule has 1 aliphatic heterocycles. The van der Waals surface area contributed by atoms with Crippen LogP contribution >= 0.6 is 0 Å². The maximum atomic E-state index is 13.3. The van der Waals surface area contributed by atoms with E-state index in [1.54, 1.807) is 0 Å². The molecule has 1 aliphatic carbocycles. The van der Waals surface area contributed by atoms with Gasteiger partial charge in [-0.2, -0.15) is 0 Å². The van der Waals surface area contributed by atoms with Crippen molar-refractivity contribution < 1.29 is 20.5 Å². The van der Waals surface area contributed by atoms with E-state index in [1.807, 2.05) is 81.4 Å². The second-order valence-electron chi connectivity index (χ2n) is 9.34. The zero-order chi connectivity index (χ0) is 23.9. The van der Waals surface area contributed by atoms with Crippen molar-refractivity contribution in [1.82, 2.24) is 5.32 Å². The third-order valence-corrected chi connectivity index (χ3v) is 6.48. The number of aryl methyl sites for hydroxylation is 1. The molecule has 3 aromatic carbocycles. The van der Waals surface area contributed by atoms with Gasteiger partial charge in [-0.1, -0.05) is 24.3 Å². The molecular weight excluding hydrogens is 428 g/mol. The number of anilines is 1. The van der Waals surface area contributed by atoms with Crippen molar-refractivity contribution in [3.8, 4) is 22.6 Å². The van der Waals surface area contributed by atoms with Crippen molar-refractivity contribution >= 4 is 17.5 Å². The fourth-order valence-corrected chi connectivity index (χ4v) is 4.37. The van der Waals surface area contributed by atoms with Crippen LogP contribution in [0.5, 0.6) is 11.5 Å². The van der Waals surface area contributed by atoms with Crippen molar-refractivity contribution in [3.05, 3.63) is 77.4 Å². The maximum absolute atomic E-state index is 13.3. The number of nitrogens with one attached hydrogen (secondary N) is 2. The van der Waals surface area contributed by atoms with E-state index in [0.29, 0.717) is 11.3 Å². The number of hydrogen-bond acceptors (Lipinski definition) is 4. The van der Waals surface area contributed by atoms with Crippen molar-refractivity contribution in [2.45, 2.75) is 45.1 Å². The molecule has 0 saturated heterocycles. The van der Waals surface area contributed by atoms with Gasteiger partial charge in [-0.3, -0.25) is 9.59 Å². The molecule has 6 heteroatoms. The third kappa shape index (κ3) is 4.12. The summed E-state index contributed by atoms with van der Waals surface area (Å²) in [5, 5.41) is 6.03. The highest BCUT2D eigenvalue weighted by Gasteiger charge is 2.51. The largest absolute Gasteiger partial charge is 0.454 e. The summed E-state index contributed by atoms with van der Waals surface area (Å²) in [6.45, 7) is 6.13. The first kappa shape index (κ1) is 22.0. The zero-order valence-corrected chi connectivity index (χ0v) is 19.6. The number of ether oxygens (including phenoxy) is 2. The lowest BCUT2D eigenvalue weighted by atomic mass is 9.94. The molecular formula is C28H30N2O4. The average Bonchev–Trinajstić information content (AvgIpc) is 3.51. The van der Waals surface area contributed by atoms with Crippen molar-refractivity contribution in [3.63, 3.8) is 0 Å². The smallest absolute Gasteiger partial charge is 0.251 e. The molecule has 1 heterocycles. The Hall–Kier alpha value is -3.80. The maximum Gasteiger partial charge on any atom is 0.251 e. The predicted octanol–water partition coefficient (Wildman–Crippen LogP) is 5.45. The molecule has 1 fully saturated rings. The zero-order valence-electron chi connectivity index (χ0n) is 19.6. The van der Waals surface area contributed by atoms with Crippen LogP contribution in [0.1, 0.15) is 49.6 Å². The van der Waals surface area contributed by atoms with E-state index in [9.17, 15) is 9.59 Å². The molecule has 34 heavy (non-hydrogen) atoms. The second kappa shape index (κ2) is 8.52. The standard InChI is InChI=1S/C28H28N2O4.H2/c1-17(2)29-26(31)20-7-5-19(6-8-20)23-15-22(10-4-18(23)3)30-27(32)28(12-13-28)21-9-11-24-25(14-21)34-16-33-24;/h4-11,14-15,17H,12-13,16H2,1-3H3,(H,29,31)(H,30,32);1H. The number of fused-ring (bicyclic) bond motifs is 1. The molecule has 0 aromatic heterocycles. The summed E-state index contributed by atoms with van der Waals surface area (Å²) in [5.41, 5.74) is 4.90. The molecule has 0 radical (unpaired) electrons. The van der Waals surface area contributed by atoms with Gasteiger partial charge in [-0.05, 0) is 92.3 Å². The van der Waals surface area contributed by atoms with Crippen molar-refractivity contribution in [2.24, 2.45) is 0 Å². The SMILES string of the molecule is Cc1ccc(NC(=O)C2(c3ccc4c(c3)OCO4)CC2)cc1-c1ccc(C(=O)NC(C)C)cc1.[HH]. The van der Waals surface area contributed by atoms with Gasteiger partial charge in [-0.15, -0.1) is 0 Å². The van der Waals surface area contributed by atoms with Crippen LogP contribution in [0.15, 0.2) is 60.7 Å². The predicted molar refractivity (Wildman–Crippen MR) is 133 cm³/mol. The first-order chi connectivity index (χ1) is 16.4. The van der Waals surface area contributed by atoms with Crippen LogP contribution in [-0.2, 0) is 10.2 Å². The third-order valence-electron chi connectivity index (χ3n) is 6.48. The van der Waals surface area contributed by atoms with Crippen LogP contribution in [0.3, 0.4) is 0 Å². The van der Waals surface area contributed by atoms with Crippen molar-refractivity contribution in [2.75, 3.05) is 12.1 Å². The minimum absolute atomic E-state index is 0. The van der Waals surface area contributed by atoms with E-state index in [-0.39, 0.29) is 26.1 Å². The van der Waals surface area contributed by atoms with Gasteiger partial charge in [0.25, 0.3) is 5.91 Å². The van der Waals surface area contributed by atoms with Crippen molar-refractivity contribution in [1.29, 1.82) is 0 Å². The summed E-state index contributed by atoms with van der Waals surface area (Å²) < 4.78 is 10.9. The number of benzene rings is 3. The summed E-state index contributed by atoms with van der Waals surface area (Å²) in [6.07, 6.45) is 1.61. The first-order valence-corrected chi connectivity index (χ1v) is 11.6. The molecule has 2 N–H and O–H groups in total. The molecule has 2 aliphatic rings. The van der Waals surface area contributed by atoms with E-state index in [1.165, 1.54) is 0 Å². The van der Waals surface area contributed by atoms with Crippen LogP contribution in [0, 0.1) is 6.92 Å². The quantitative estimate of drug-likeness (QED) is 0.515. The summed E-state index contributed by atoms with van der Waals surface area (Å²) >= 11 is 0. The van der Waals surface area contributed by atoms with Gasteiger partial charge in [0.2, 0.25) is 12.7 Å². The van der Waals surface area contributed by atoms with Gasteiger partial charge >= 0.3 is 0 Å². The minimum atomic E-state index is -0.530. The molecule has 0 spiro atoms. The highest BCUT2D eigenvalue weighted by Crippen LogP contribution is 2.51. The van der Waals surface area contributed by atoms with Gasteiger partial charge in [0.15, 0.2) is 11.5 Å². The van der Waals surface area contributed by atoms with E-state index >= 15 is 0 Å². The minimum Gasteiger partial charge on any atom is -0.454 e. The van der Waals surface area contributed by atoms with Gasteiger partial charge in [0.05, 0.1) is 5.41 Å². The topological polar surface area (TPSA) is 76.7 Å². The lowest BCUT2D eigenvalue weighted by Gasteiger charge is -2.17. The van der Waals surface area contributed by atoms with Crippen LogP contribution in [-0.4, -0.2) is 24.6 Å². The monoisotopic (exact) mass is 458 g/mol. The second-order valence-corrected chi connectivity index (χ2v) is 9.34. The Morgan fingerprint density at radius 2 is 1.68 bits per heavy atom. The number of carbonyl (C=O) groups is 2. The highest BCUT2D eigenvalue weighted by molar-refractivity contribution is 6.02. The molecule has 0 bridgehead atoms. The number of amides is 2. The summed E-state index contributed by atoms with van der Waals surface area (Å²) in [5.74, 6) is 1.31. The Labute approximate surface area is 200 Å². The molecule has 0 unspecified atom stereocenters. The molecule has 6 nitrogen and oxygen atoms in total. The number of hydrogen-bond donors (Lipinski definition) is 2. The molecule has 176 valence electrons. The molecule has 0 atom stereocenters. The van der Waals surface area contributed by atoms with E-state index in [2.05, 4.69) is 10.6 Å². The highest BCUT2D eigenvalue weighted by atomic mass is 16.7. The molecule has 5 rings (SSSR count). The lowest BCUT2D eigenvalue weighted by Crippen LogP contribution is -2.29. The van der Waals surface area contributed by atoms with Gasteiger partial charge in [-0.25, -0.2) is 0 Å². The van der Waals surface area contributed by atoms with E-state index in [4.69, 9.17) is 9.47 Å². The Morgan fingerprint density at radius 3 is 2.38 bits per heavy atom.